The molecular formula is C14H15N3O3S. The minimum Gasteiger partial charge on any atom is -0.448 e. The number of fused-ring (bicyclic) bond motifs is 1. The fourth-order valence-corrected chi connectivity index (χ4v) is 3.37. The third-order valence-corrected chi connectivity index (χ3v) is 4.47. The molecule has 2 heterocycles. The highest BCUT2D eigenvalue weighted by Gasteiger charge is 2.34. The summed E-state index contributed by atoms with van der Waals surface area (Å²) in [7, 11) is 0. The Labute approximate surface area is 125 Å². The van der Waals surface area contributed by atoms with Crippen molar-refractivity contribution < 1.29 is 14.0 Å². The number of oxazole rings is 1. The monoisotopic (exact) mass is 305 g/mol. The van der Waals surface area contributed by atoms with Crippen LogP contribution in [0.4, 0.5) is 5.13 Å². The molecule has 0 atom stereocenters. The van der Waals surface area contributed by atoms with Crippen molar-refractivity contribution in [2.45, 2.75) is 33.6 Å². The molecule has 0 spiro atoms. The van der Waals surface area contributed by atoms with Crippen LogP contribution in [0.1, 0.15) is 51.9 Å². The van der Waals surface area contributed by atoms with E-state index >= 15 is 0 Å². The van der Waals surface area contributed by atoms with Gasteiger partial charge in [0.05, 0.1) is 10.6 Å². The van der Waals surface area contributed by atoms with Gasteiger partial charge in [0, 0.05) is 6.42 Å². The molecule has 6 nitrogen and oxygen atoms in total. The molecule has 0 bridgehead atoms. The quantitative estimate of drug-likeness (QED) is 0.922. The van der Waals surface area contributed by atoms with E-state index in [1.807, 2.05) is 13.8 Å². The predicted octanol–water partition coefficient (Wildman–Crippen LogP) is 2.85. The number of carbonyl (C=O) groups excluding carboxylic acids is 2. The van der Waals surface area contributed by atoms with Gasteiger partial charge in [-0.05, 0) is 18.8 Å². The average molecular weight is 305 g/mol. The molecule has 2 aromatic rings. The number of nitrogens with one attached hydrogen (secondary N) is 1. The van der Waals surface area contributed by atoms with Gasteiger partial charge in [-0.15, -0.1) is 0 Å². The fraction of sp³-hybridized carbons (Fsp3) is 0.429. The number of ketones is 1. The molecule has 1 aliphatic carbocycles. The lowest BCUT2D eigenvalue weighted by Crippen LogP contribution is -2.26. The van der Waals surface area contributed by atoms with Crippen molar-refractivity contribution in [2.24, 2.45) is 5.41 Å². The fourth-order valence-electron chi connectivity index (χ4n) is 2.45. The molecule has 0 aliphatic heterocycles. The second-order valence-corrected chi connectivity index (χ2v) is 6.95. The Morgan fingerprint density at radius 1 is 1.43 bits per heavy atom. The standard InChI is InChI=1S/C14H15N3O3S/c1-7-10(15-6-20-7)12(19)17-13-16-8-4-14(2,3)5-9(18)11(8)21-13/h6H,4-5H2,1-3H3,(H,16,17,19). The van der Waals surface area contributed by atoms with Crippen LogP contribution in [0.3, 0.4) is 0 Å². The largest absolute Gasteiger partial charge is 0.448 e. The highest BCUT2D eigenvalue weighted by Crippen LogP contribution is 2.38. The van der Waals surface area contributed by atoms with E-state index < -0.39 is 0 Å². The first-order chi connectivity index (χ1) is 9.85. The Hall–Kier alpha value is -2.02. The molecular weight excluding hydrogens is 290 g/mol. The van der Waals surface area contributed by atoms with Crippen LogP contribution in [0, 0.1) is 12.3 Å². The lowest BCUT2D eigenvalue weighted by molar-refractivity contribution is 0.0915. The first-order valence-electron chi connectivity index (χ1n) is 6.60. The molecule has 0 saturated carbocycles. The Kier molecular flexibility index (Phi) is 3.16. The third-order valence-electron chi connectivity index (χ3n) is 3.42. The van der Waals surface area contributed by atoms with E-state index in [-0.39, 0.29) is 22.8 Å². The third kappa shape index (κ3) is 2.61. The van der Waals surface area contributed by atoms with E-state index in [2.05, 4.69) is 15.3 Å². The van der Waals surface area contributed by atoms with Gasteiger partial charge in [0.1, 0.15) is 5.76 Å². The van der Waals surface area contributed by atoms with Crippen molar-refractivity contribution in [3.63, 3.8) is 0 Å². The summed E-state index contributed by atoms with van der Waals surface area (Å²) in [5.41, 5.74) is 0.922. The predicted molar refractivity (Wildman–Crippen MR) is 77.7 cm³/mol. The number of thiazole rings is 1. The Balaban J connectivity index is 1.84. The van der Waals surface area contributed by atoms with Gasteiger partial charge < -0.3 is 4.42 Å². The van der Waals surface area contributed by atoms with Crippen LogP contribution in [0.2, 0.25) is 0 Å². The molecule has 1 N–H and O–H groups in total. The zero-order valence-corrected chi connectivity index (χ0v) is 12.8. The van der Waals surface area contributed by atoms with E-state index in [9.17, 15) is 9.59 Å². The first kappa shape index (κ1) is 13.9. The van der Waals surface area contributed by atoms with E-state index in [4.69, 9.17) is 4.42 Å². The average Bonchev–Trinajstić information content (AvgIpc) is 2.93. The number of aromatic nitrogens is 2. The second kappa shape index (κ2) is 4.77. The summed E-state index contributed by atoms with van der Waals surface area (Å²) in [6.07, 6.45) is 2.48. The molecule has 21 heavy (non-hydrogen) atoms. The van der Waals surface area contributed by atoms with Gasteiger partial charge in [-0.3, -0.25) is 14.9 Å². The molecule has 0 fully saturated rings. The Morgan fingerprint density at radius 2 is 2.19 bits per heavy atom. The first-order valence-corrected chi connectivity index (χ1v) is 7.42. The summed E-state index contributed by atoms with van der Waals surface area (Å²) in [6.45, 7) is 5.76. The molecule has 3 rings (SSSR count). The lowest BCUT2D eigenvalue weighted by Gasteiger charge is -2.26. The number of rotatable bonds is 2. The summed E-state index contributed by atoms with van der Waals surface area (Å²) < 4.78 is 5.01. The molecule has 0 aromatic carbocycles. The van der Waals surface area contributed by atoms with Crippen LogP contribution in [0.5, 0.6) is 0 Å². The molecule has 7 heteroatoms. The summed E-state index contributed by atoms with van der Waals surface area (Å²) in [5.74, 6) is 0.168. The highest BCUT2D eigenvalue weighted by molar-refractivity contribution is 7.17. The zero-order valence-electron chi connectivity index (χ0n) is 12.0. The number of carbonyl (C=O) groups is 2. The van der Waals surface area contributed by atoms with Gasteiger partial charge >= 0.3 is 0 Å². The minimum absolute atomic E-state index is 0.0812. The van der Waals surface area contributed by atoms with Crippen LogP contribution in [-0.2, 0) is 6.42 Å². The van der Waals surface area contributed by atoms with E-state index in [0.717, 1.165) is 12.1 Å². The summed E-state index contributed by atoms with van der Waals surface area (Å²) in [5, 5.41) is 3.11. The van der Waals surface area contributed by atoms with Crippen molar-refractivity contribution in [3.8, 4) is 0 Å². The Bertz CT molecular complexity index is 730. The Morgan fingerprint density at radius 3 is 2.86 bits per heavy atom. The molecule has 0 saturated heterocycles. The van der Waals surface area contributed by atoms with Gasteiger partial charge in [-0.1, -0.05) is 25.2 Å². The smallest absolute Gasteiger partial charge is 0.279 e. The van der Waals surface area contributed by atoms with Crippen molar-refractivity contribution in [3.05, 3.63) is 28.4 Å². The van der Waals surface area contributed by atoms with Crippen molar-refractivity contribution >= 4 is 28.2 Å². The molecule has 0 unspecified atom stereocenters. The maximum atomic E-state index is 12.1. The zero-order chi connectivity index (χ0) is 15.2. The molecule has 1 aliphatic rings. The second-order valence-electron chi connectivity index (χ2n) is 5.95. The molecule has 0 radical (unpaired) electrons. The molecule has 2 aromatic heterocycles. The number of Topliss-reactive ketones (excluding diaryl/α,β-unsaturated/α-hetero) is 1. The lowest BCUT2D eigenvalue weighted by atomic mass is 9.78. The van der Waals surface area contributed by atoms with Crippen LogP contribution < -0.4 is 5.32 Å². The van der Waals surface area contributed by atoms with Crippen molar-refractivity contribution in [1.29, 1.82) is 0 Å². The van der Waals surface area contributed by atoms with Crippen molar-refractivity contribution in [1.82, 2.24) is 9.97 Å². The summed E-state index contributed by atoms with van der Waals surface area (Å²) in [4.78, 5) is 33.1. The number of nitrogens with zero attached hydrogens (tertiary/aromatic N) is 2. The van der Waals surface area contributed by atoms with E-state index in [1.165, 1.54) is 17.7 Å². The number of hydrogen-bond donors (Lipinski definition) is 1. The minimum atomic E-state index is -0.376. The SMILES string of the molecule is Cc1ocnc1C(=O)Nc1nc2c(s1)C(=O)CC(C)(C)C2. The van der Waals surface area contributed by atoms with Crippen LogP contribution in [-0.4, -0.2) is 21.7 Å². The van der Waals surface area contributed by atoms with Gasteiger partial charge in [-0.2, -0.15) is 0 Å². The topological polar surface area (TPSA) is 85.1 Å². The van der Waals surface area contributed by atoms with E-state index in [1.54, 1.807) is 6.92 Å². The van der Waals surface area contributed by atoms with E-state index in [0.29, 0.717) is 22.2 Å². The van der Waals surface area contributed by atoms with Crippen molar-refractivity contribution in [2.75, 3.05) is 5.32 Å². The van der Waals surface area contributed by atoms with Gasteiger partial charge in [0.25, 0.3) is 5.91 Å². The maximum absolute atomic E-state index is 12.1. The van der Waals surface area contributed by atoms with Gasteiger partial charge in [0.15, 0.2) is 23.0 Å². The molecule has 110 valence electrons. The normalized spacial score (nSPS) is 16.6. The number of amides is 1. The van der Waals surface area contributed by atoms with Crippen LogP contribution in [0.15, 0.2) is 10.8 Å². The molecule has 1 amide bonds. The highest BCUT2D eigenvalue weighted by atomic mass is 32.1. The summed E-state index contributed by atoms with van der Waals surface area (Å²) in [6, 6.07) is 0. The number of hydrogen-bond acceptors (Lipinski definition) is 6. The maximum Gasteiger partial charge on any atom is 0.279 e. The summed E-state index contributed by atoms with van der Waals surface area (Å²) >= 11 is 1.22. The van der Waals surface area contributed by atoms with Crippen LogP contribution >= 0.6 is 11.3 Å². The number of aryl methyl sites for hydroxylation is 1. The van der Waals surface area contributed by atoms with Gasteiger partial charge in [0.2, 0.25) is 0 Å². The van der Waals surface area contributed by atoms with Gasteiger partial charge in [-0.25, -0.2) is 9.97 Å². The van der Waals surface area contributed by atoms with Crippen LogP contribution in [0.25, 0.3) is 0 Å². The number of anilines is 1.